The molecule has 7 heteroatoms. The van der Waals surface area contributed by atoms with Crippen LogP contribution in [0.4, 0.5) is 18.9 Å². The summed E-state index contributed by atoms with van der Waals surface area (Å²) in [5.74, 6) is -0.335. The Morgan fingerprint density at radius 3 is 2.55 bits per heavy atom. The molecule has 20 heavy (non-hydrogen) atoms. The van der Waals surface area contributed by atoms with Gasteiger partial charge in [0.2, 0.25) is 5.91 Å². The average molecular weight is 353 g/mol. The van der Waals surface area contributed by atoms with Gasteiger partial charge in [0.15, 0.2) is 0 Å². The summed E-state index contributed by atoms with van der Waals surface area (Å²) in [4.78, 5) is 11.7. The van der Waals surface area contributed by atoms with Gasteiger partial charge < -0.3 is 10.6 Å². The zero-order valence-electron chi connectivity index (χ0n) is 11.1. The molecule has 1 aromatic rings. The van der Waals surface area contributed by atoms with Crippen molar-refractivity contribution in [1.82, 2.24) is 5.32 Å². The highest BCUT2D eigenvalue weighted by molar-refractivity contribution is 9.10. The number of nitrogens with one attached hydrogen (secondary N) is 2. The summed E-state index contributed by atoms with van der Waals surface area (Å²) in [5, 5.41) is 5.53. The van der Waals surface area contributed by atoms with E-state index in [1.165, 1.54) is 6.07 Å². The van der Waals surface area contributed by atoms with Gasteiger partial charge in [0.1, 0.15) is 0 Å². The van der Waals surface area contributed by atoms with E-state index in [-0.39, 0.29) is 24.1 Å². The number of alkyl halides is 3. The summed E-state index contributed by atoms with van der Waals surface area (Å²) in [7, 11) is 0. The van der Waals surface area contributed by atoms with Crippen molar-refractivity contribution in [3.8, 4) is 0 Å². The van der Waals surface area contributed by atoms with Crippen molar-refractivity contribution in [2.75, 3.05) is 11.9 Å². The molecule has 2 N–H and O–H groups in total. The summed E-state index contributed by atoms with van der Waals surface area (Å²) in [6.07, 6.45) is -4.24. The lowest BCUT2D eigenvalue weighted by Gasteiger charge is -2.12. The first-order valence-corrected chi connectivity index (χ1v) is 6.89. The molecule has 1 amide bonds. The van der Waals surface area contributed by atoms with Gasteiger partial charge in [0.25, 0.3) is 0 Å². The third-order valence-electron chi connectivity index (χ3n) is 2.47. The van der Waals surface area contributed by atoms with Gasteiger partial charge in [-0.05, 0) is 34.1 Å². The lowest BCUT2D eigenvalue weighted by Crippen LogP contribution is -2.27. The smallest absolute Gasteiger partial charge is 0.325 e. The molecule has 0 saturated heterocycles. The summed E-state index contributed by atoms with van der Waals surface area (Å²) >= 11 is 3.12. The van der Waals surface area contributed by atoms with E-state index in [1.807, 2.05) is 13.8 Å². The van der Waals surface area contributed by atoms with E-state index >= 15 is 0 Å². The number of hydrogen-bond acceptors (Lipinski definition) is 2. The molecule has 0 spiro atoms. The maximum atomic E-state index is 12.6. The summed E-state index contributed by atoms with van der Waals surface area (Å²) in [6.45, 7) is 4.36. The van der Waals surface area contributed by atoms with E-state index in [0.29, 0.717) is 11.0 Å². The molecular formula is C13H16BrF3N2O. The van der Waals surface area contributed by atoms with E-state index in [9.17, 15) is 18.0 Å². The van der Waals surface area contributed by atoms with E-state index in [1.54, 1.807) is 0 Å². The minimum Gasteiger partial charge on any atom is -0.325 e. The van der Waals surface area contributed by atoms with Crippen LogP contribution >= 0.6 is 15.9 Å². The van der Waals surface area contributed by atoms with Gasteiger partial charge in [0.05, 0.1) is 11.3 Å². The van der Waals surface area contributed by atoms with Crippen molar-refractivity contribution in [2.24, 2.45) is 0 Å². The van der Waals surface area contributed by atoms with Gasteiger partial charge in [-0.3, -0.25) is 4.79 Å². The Labute approximate surface area is 124 Å². The van der Waals surface area contributed by atoms with Gasteiger partial charge >= 0.3 is 6.18 Å². The Balaban J connectivity index is 2.69. The fourth-order valence-electron chi connectivity index (χ4n) is 1.48. The molecule has 0 fully saturated rings. The normalized spacial score (nSPS) is 11.8. The molecular weight excluding hydrogens is 337 g/mol. The van der Waals surface area contributed by atoms with Crippen LogP contribution < -0.4 is 10.6 Å². The molecule has 1 aromatic carbocycles. The molecule has 0 radical (unpaired) electrons. The molecule has 3 nitrogen and oxygen atoms in total. The minimum absolute atomic E-state index is 0.120. The highest BCUT2D eigenvalue weighted by Gasteiger charge is 2.31. The molecule has 0 unspecified atom stereocenters. The van der Waals surface area contributed by atoms with Crippen LogP contribution in [-0.2, 0) is 11.0 Å². The Morgan fingerprint density at radius 1 is 1.35 bits per heavy atom. The van der Waals surface area contributed by atoms with Crippen LogP contribution in [0, 0.1) is 0 Å². The Bertz CT molecular complexity index is 475. The van der Waals surface area contributed by atoms with Crippen molar-refractivity contribution in [3.05, 3.63) is 28.2 Å². The molecule has 0 saturated carbocycles. The zero-order valence-corrected chi connectivity index (χ0v) is 12.7. The second-order valence-electron chi connectivity index (χ2n) is 4.60. The van der Waals surface area contributed by atoms with Gasteiger partial charge in [-0.1, -0.05) is 13.8 Å². The number of amides is 1. The predicted molar refractivity (Wildman–Crippen MR) is 75.5 cm³/mol. The van der Waals surface area contributed by atoms with Crippen molar-refractivity contribution < 1.29 is 18.0 Å². The second-order valence-corrected chi connectivity index (χ2v) is 5.45. The van der Waals surface area contributed by atoms with Crippen molar-refractivity contribution >= 4 is 27.5 Å². The Kier molecular flexibility index (Phi) is 6.01. The van der Waals surface area contributed by atoms with Gasteiger partial charge in [-0.15, -0.1) is 0 Å². The zero-order chi connectivity index (χ0) is 15.3. The molecule has 112 valence electrons. The van der Waals surface area contributed by atoms with E-state index < -0.39 is 11.7 Å². The summed E-state index contributed by atoms with van der Waals surface area (Å²) in [5.41, 5.74) is -0.675. The van der Waals surface area contributed by atoms with Crippen LogP contribution in [0.2, 0.25) is 0 Å². The highest BCUT2D eigenvalue weighted by Crippen LogP contribution is 2.33. The molecule has 0 aliphatic heterocycles. The maximum absolute atomic E-state index is 12.6. The number of hydrogen-bond donors (Lipinski definition) is 2. The fraction of sp³-hybridized carbons (Fsp3) is 0.462. The van der Waals surface area contributed by atoms with E-state index in [0.717, 1.165) is 12.1 Å². The van der Waals surface area contributed by atoms with Gasteiger partial charge in [-0.2, -0.15) is 13.2 Å². The molecule has 1 rings (SSSR count). The molecule has 0 heterocycles. The minimum atomic E-state index is -4.43. The standard InChI is InChI=1S/C13H16BrF3N2O/c1-8(2)18-6-5-12(20)19-11-7-9(13(15,16)17)3-4-10(11)14/h3-4,7-8,18H,5-6H2,1-2H3,(H,19,20). The van der Waals surface area contributed by atoms with Gasteiger partial charge in [-0.25, -0.2) is 0 Å². The van der Waals surface area contributed by atoms with E-state index in [2.05, 4.69) is 26.6 Å². The van der Waals surface area contributed by atoms with Crippen molar-refractivity contribution in [3.63, 3.8) is 0 Å². The Hall–Kier alpha value is -1.08. The summed E-state index contributed by atoms with van der Waals surface area (Å²) in [6, 6.07) is 3.39. The second kappa shape index (κ2) is 7.08. The summed E-state index contributed by atoms with van der Waals surface area (Å²) < 4.78 is 38.2. The van der Waals surface area contributed by atoms with E-state index in [4.69, 9.17) is 0 Å². The fourth-order valence-corrected chi connectivity index (χ4v) is 1.83. The third kappa shape index (κ3) is 5.50. The first-order chi connectivity index (χ1) is 9.20. The average Bonchev–Trinajstić information content (AvgIpc) is 2.30. The lowest BCUT2D eigenvalue weighted by molar-refractivity contribution is -0.137. The monoisotopic (exact) mass is 352 g/mol. The SMILES string of the molecule is CC(C)NCCC(=O)Nc1cc(C(F)(F)F)ccc1Br. The Morgan fingerprint density at radius 2 is 2.00 bits per heavy atom. The van der Waals surface area contributed by atoms with Crippen LogP contribution in [-0.4, -0.2) is 18.5 Å². The van der Waals surface area contributed by atoms with Crippen LogP contribution in [0.25, 0.3) is 0 Å². The molecule has 0 aliphatic rings. The quantitative estimate of drug-likeness (QED) is 0.846. The van der Waals surface area contributed by atoms with Crippen molar-refractivity contribution in [2.45, 2.75) is 32.5 Å². The molecule has 0 bridgehead atoms. The highest BCUT2D eigenvalue weighted by atomic mass is 79.9. The molecule has 0 aliphatic carbocycles. The van der Waals surface area contributed by atoms with Gasteiger partial charge in [0, 0.05) is 23.5 Å². The van der Waals surface area contributed by atoms with Crippen LogP contribution in [0.15, 0.2) is 22.7 Å². The lowest BCUT2D eigenvalue weighted by atomic mass is 10.2. The number of benzene rings is 1. The number of anilines is 1. The molecule has 0 aromatic heterocycles. The van der Waals surface area contributed by atoms with Crippen LogP contribution in [0.1, 0.15) is 25.8 Å². The van der Waals surface area contributed by atoms with Crippen LogP contribution in [0.3, 0.4) is 0 Å². The number of carbonyl (C=O) groups excluding carboxylic acids is 1. The van der Waals surface area contributed by atoms with Crippen LogP contribution in [0.5, 0.6) is 0 Å². The first-order valence-electron chi connectivity index (χ1n) is 6.10. The number of rotatable bonds is 5. The third-order valence-corrected chi connectivity index (χ3v) is 3.16. The van der Waals surface area contributed by atoms with Crippen molar-refractivity contribution in [1.29, 1.82) is 0 Å². The number of halogens is 4. The predicted octanol–water partition coefficient (Wildman–Crippen LogP) is 3.79. The largest absolute Gasteiger partial charge is 0.416 e. The number of carbonyl (C=O) groups is 1. The topological polar surface area (TPSA) is 41.1 Å². The molecule has 0 atom stereocenters. The maximum Gasteiger partial charge on any atom is 0.416 e. The first kappa shape index (κ1) is 17.0.